The number of nitrogens with zero attached hydrogens (tertiary/aromatic N) is 1. The summed E-state index contributed by atoms with van der Waals surface area (Å²) in [5, 5.41) is 2.04. The van der Waals surface area contributed by atoms with Crippen molar-refractivity contribution in [3.63, 3.8) is 0 Å². The second-order valence-corrected chi connectivity index (χ2v) is 6.47. The van der Waals surface area contributed by atoms with Crippen LogP contribution in [0.2, 0.25) is 0 Å². The molecule has 1 unspecified atom stereocenters. The summed E-state index contributed by atoms with van der Waals surface area (Å²) in [6, 6.07) is 4.09. The number of nitrogens with two attached hydrogens (primary N) is 1. The zero-order valence-corrected chi connectivity index (χ0v) is 11.8. The maximum absolute atomic E-state index is 12.6. The van der Waals surface area contributed by atoms with E-state index in [0.717, 1.165) is 25.7 Å². The molecule has 0 spiro atoms. The number of hydrogen-bond donors (Lipinski definition) is 1. The molecule has 1 aromatic rings. The minimum absolute atomic E-state index is 0.0164. The third-order valence-electron chi connectivity index (χ3n) is 4.14. The van der Waals surface area contributed by atoms with Crippen molar-refractivity contribution in [1.82, 2.24) is 4.90 Å². The molecule has 2 N–H and O–H groups in total. The van der Waals surface area contributed by atoms with Gasteiger partial charge in [-0.15, -0.1) is 11.3 Å². The Kier molecular flexibility index (Phi) is 3.60. The van der Waals surface area contributed by atoms with Crippen molar-refractivity contribution < 1.29 is 9.53 Å². The summed E-state index contributed by atoms with van der Waals surface area (Å²) in [7, 11) is 0. The lowest BCUT2D eigenvalue weighted by Gasteiger charge is -2.37. The van der Waals surface area contributed by atoms with E-state index in [4.69, 9.17) is 10.5 Å². The van der Waals surface area contributed by atoms with Crippen molar-refractivity contribution in [1.29, 1.82) is 0 Å². The van der Waals surface area contributed by atoms with Gasteiger partial charge < -0.3 is 15.4 Å². The number of ether oxygens (including phenoxy) is 1. The van der Waals surface area contributed by atoms with Gasteiger partial charge in [0.1, 0.15) is 6.10 Å². The highest BCUT2D eigenvalue weighted by Crippen LogP contribution is 2.32. The Morgan fingerprint density at radius 2 is 2.26 bits per heavy atom. The predicted octanol–water partition coefficient (Wildman–Crippen LogP) is 1.92. The number of morpholine rings is 1. The van der Waals surface area contributed by atoms with Gasteiger partial charge in [0.25, 0.3) is 0 Å². The van der Waals surface area contributed by atoms with Crippen molar-refractivity contribution in [2.24, 2.45) is 5.73 Å². The summed E-state index contributed by atoms with van der Waals surface area (Å²) in [6.07, 6.45) is 3.81. The van der Waals surface area contributed by atoms with Crippen LogP contribution in [0.5, 0.6) is 0 Å². The van der Waals surface area contributed by atoms with Crippen LogP contribution in [-0.2, 0) is 9.53 Å². The highest BCUT2D eigenvalue weighted by atomic mass is 32.1. The molecule has 1 aromatic heterocycles. The third kappa shape index (κ3) is 2.55. The van der Waals surface area contributed by atoms with Gasteiger partial charge in [-0.1, -0.05) is 18.9 Å². The van der Waals surface area contributed by atoms with E-state index >= 15 is 0 Å². The maximum Gasteiger partial charge on any atom is 0.242 e. The van der Waals surface area contributed by atoms with Gasteiger partial charge in [-0.05, 0) is 24.3 Å². The Morgan fingerprint density at radius 3 is 2.95 bits per heavy atom. The van der Waals surface area contributed by atoms with E-state index in [1.165, 1.54) is 4.88 Å². The molecule has 4 nitrogen and oxygen atoms in total. The van der Waals surface area contributed by atoms with Crippen molar-refractivity contribution in [3.8, 4) is 0 Å². The average Bonchev–Trinajstić information content (AvgIpc) is 3.10. The molecular formula is C14H20N2O2S. The number of thiophene rings is 1. The van der Waals surface area contributed by atoms with Crippen molar-refractivity contribution >= 4 is 17.2 Å². The zero-order valence-electron chi connectivity index (χ0n) is 11.0. The SMILES string of the molecule is NC1(C(=O)N2CCOC(c3cccs3)C2)CCCC1. The molecule has 3 rings (SSSR count). The zero-order chi connectivity index (χ0) is 13.3. The van der Waals surface area contributed by atoms with E-state index in [9.17, 15) is 4.79 Å². The maximum atomic E-state index is 12.6. The van der Waals surface area contributed by atoms with Crippen LogP contribution >= 0.6 is 11.3 Å². The Labute approximate surface area is 117 Å². The first-order valence-electron chi connectivity index (χ1n) is 6.92. The highest BCUT2D eigenvalue weighted by Gasteiger charge is 2.41. The minimum Gasteiger partial charge on any atom is -0.369 e. The van der Waals surface area contributed by atoms with Gasteiger partial charge in [0.05, 0.1) is 18.7 Å². The minimum atomic E-state index is -0.614. The van der Waals surface area contributed by atoms with Crippen LogP contribution in [0.25, 0.3) is 0 Å². The number of carbonyl (C=O) groups is 1. The molecule has 1 aliphatic carbocycles. The van der Waals surface area contributed by atoms with Crippen molar-refractivity contribution in [3.05, 3.63) is 22.4 Å². The topological polar surface area (TPSA) is 55.6 Å². The predicted molar refractivity (Wildman–Crippen MR) is 75.0 cm³/mol. The monoisotopic (exact) mass is 280 g/mol. The molecule has 0 aromatic carbocycles. The Balaban J connectivity index is 1.69. The van der Waals surface area contributed by atoms with Gasteiger partial charge in [-0.25, -0.2) is 0 Å². The molecule has 2 aliphatic rings. The first kappa shape index (κ1) is 13.1. The Morgan fingerprint density at radius 1 is 1.47 bits per heavy atom. The van der Waals surface area contributed by atoms with E-state index < -0.39 is 5.54 Å². The second-order valence-electron chi connectivity index (χ2n) is 5.49. The molecule has 2 fully saturated rings. The summed E-state index contributed by atoms with van der Waals surface area (Å²) < 4.78 is 5.77. The normalized spacial score (nSPS) is 26.6. The van der Waals surface area contributed by atoms with Crippen LogP contribution < -0.4 is 5.73 Å². The quantitative estimate of drug-likeness (QED) is 0.900. The summed E-state index contributed by atoms with van der Waals surface area (Å²) in [5.74, 6) is 0.120. The largest absolute Gasteiger partial charge is 0.369 e. The number of hydrogen-bond acceptors (Lipinski definition) is 4. The Hall–Kier alpha value is -0.910. The van der Waals surface area contributed by atoms with Gasteiger partial charge in [0, 0.05) is 11.4 Å². The number of rotatable bonds is 2. The molecule has 0 radical (unpaired) electrons. The molecule has 1 aliphatic heterocycles. The molecule has 1 saturated carbocycles. The fourth-order valence-electron chi connectivity index (χ4n) is 3.02. The van der Waals surface area contributed by atoms with Crippen LogP contribution in [-0.4, -0.2) is 36.0 Å². The standard InChI is InChI=1S/C14H20N2O2S/c15-14(5-1-2-6-14)13(17)16-7-8-18-11(10-16)12-4-3-9-19-12/h3-4,9,11H,1-2,5-8,10,15H2. The van der Waals surface area contributed by atoms with Crippen LogP contribution in [0.3, 0.4) is 0 Å². The lowest BCUT2D eigenvalue weighted by Crippen LogP contribution is -2.56. The number of amides is 1. The van der Waals surface area contributed by atoms with Crippen LogP contribution in [0.1, 0.15) is 36.7 Å². The fourth-order valence-corrected chi connectivity index (χ4v) is 3.78. The van der Waals surface area contributed by atoms with Gasteiger partial charge in [0.2, 0.25) is 5.91 Å². The summed E-state index contributed by atoms with van der Waals surface area (Å²) >= 11 is 1.68. The van der Waals surface area contributed by atoms with Gasteiger partial charge in [0.15, 0.2) is 0 Å². The lowest BCUT2D eigenvalue weighted by molar-refractivity contribution is -0.144. The van der Waals surface area contributed by atoms with E-state index in [0.29, 0.717) is 19.7 Å². The summed E-state index contributed by atoms with van der Waals surface area (Å²) in [6.45, 7) is 1.91. The summed E-state index contributed by atoms with van der Waals surface area (Å²) in [5.41, 5.74) is 5.65. The van der Waals surface area contributed by atoms with Gasteiger partial charge in [-0.3, -0.25) is 4.79 Å². The molecule has 0 bridgehead atoms. The molecular weight excluding hydrogens is 260 g/mol. The number of carbonyl (C=O) groups excluding carboxylic acids is 1. The molecule has 1 amide bonds. The van der Waals surface area contributed by atoms with Crippen molar-refractivity contribution in [2.45, 2.75) is 37.3 Å². The van der Waals surface area contributed by atoms with Gasteiger partial charge >= 0.3 is 0 Å². The third-order valence-corrected chi connectivity index (χ3v) is 5.10. The Bertz CT molecular complexity index is 440. The van der Waals surface area contributed by atoms with E-state index in [2.05, 4.69) is 6.07 Å². The van der Waals surface area contributed by atoms with E-state index in [1.54, 1.807) is 11.3 Å². The molecule has 5 heteroatoms. The molecule has 1 atom stereocenters. The first-order chi connectivity index (χ1) is 9.19. The lowest BCUT2D eigenvalue weighted by atomic mass is 9.96. The summed E-state index contributed by atoms with van der Waals surface area (Å²) in [4.78, 5) is 15.7. The first-order valence-corrected chi connectivity index (χ1v) is 7.80. The van der Waals surface area contributed by atoms with E-state index in [-0.39, 0.29) is 12.0 Å². The second kappa shape index (κ2) is 5.23. The van der Waals surface area contributed by atoms with Gasteiger partial charge in [-0.2, -0.15) is 0 Å². The molecule has 1 saturated heterocycles. The van der Waals surface area contributed by atoms with Crippen LogP contribution in [0.15, 0.2) is 17.5 Å². The van der Waals surface area contributed by atoms with Crippen LogP contribution in [0, 0.1) is 0 Å². The molecule has 19 heavy (non-hydrogen) atoms. The highest BCUT2D eigenvalue weighted by molar-refractivity contribution is 7.10. The molecule has 2 heterocycles. The fraction of sp³-hybridized carbons (Fsp3) is 0.643. The van der Waals surface area contributed by atoms with Crippen LogP contribution in [0.4, 0.5) is 0 Å². The average molecular weight is 280 g/mol. The van der Waals surface area contributed by atoms with E-state index in [1.807, 2.05) is 16.3 Å². The van der Waals surface area contributed by atoms with Crippen molar-refractivity contribution in [2.75, 3.05) is 19.7 Å². The smallest absolute Gasteiger partial charge is 0.242 e. The molecule has 104 valence electrons.